The van der Waals surface area contributed by atoms with E-state index in [1.54, 1.807) is 0 Å². The molecule has 0 saturated carbocycles. The van der Waals surface area contributed by atoms with Crippen LogP contribution in [0.4, 0.5) is 0 Å². The molecule has 0 aliphatic heterocycles. The highest BCUT2D eigenvalue weighted by molar-refractivity contribution is 9.10. The lowest BCUT2D eigenvalue weighted by atomic mass is 9.98. The number of nitrogens with zero attached hydrogens (tertiary/aromatic N) is 3. The number of rotatable bonds is 5. The lowest BCUT2D eigenvalue weighted by molar-refractivity contribution is 0.669. The summed E-state index contributed by atoms with van der Waals surface area (Å²) in [6, 6.07) is 47.9. The van der Waals surface area contributed by atoms with Gasteiger partial charge in [0.1, 0.15) is 11.2 Å². The van der Waals surface area contributed by atoms with Gasteiger partial charge in [0.2, 0.25) is 0 Å². The van der Waals surface area contributed by atoms with Gasteiger partial charge in [0, 0.05) is 31.9 Å². The summed E-state index contributed by atoms with van der Waals surface area (Å²) in [7, 11) is 0. The van der Waals surface area contributed by atoms with Crippen molar-refractivity contribution in [1.82, 2.24) is 15.0 Å². The van der Waals surface area contributed by atoms with Crippen LogP contribution in [0.2, 0.25) is 0 Å². The molecule has 0 spiro atoms. The lowest BCUT2D eigenvalue weighted by Crippen LogP contribution is -2.00. The van der Waals surface area contributed by atoms with Crippen molar-refractivity contribution in [3.8, 4) is 56.4 Å². The summed E-state index contributed by atoms with van der Waals surface area (Å²) >= 11 is 3.75. The smallest absolute Gasteiger partial charge is 0.164 e. The Bertz CT molecular complexity index is 2330. The second-order valence-electron chi connectivity index (χ2n) is 11.2. The molecule has 0 bridgehead atoms. The molecule has 0 fully saturated rings. The van der Waals surface area contributed by atoms with Crippen LogP contribution in [0.25, 0.3) is 78.4 Å². The van der Waals surface area contributed by atoms with Crippen molar-refractivity contribution in [1.29, 1.82) is 0 Å². The molecule has 45 heavy (non-hydrogen) atoms. The maximum absolute atomic E-state index is 6.19. The Balaban J connectivity index is 1.23. The van der Waals surface area contributed by atoms with E-state index in [4.69, 9.17) is 19.4 Å². The Morgan fingerprint density at radius 3 is 1.69 bits per heavy atom. The fourth-order valence-corrected chi connectivity index (χ4v) is 6.20. The third kappa shape index (κ3) is 5.32. The Morgan fingerprint density at radius 2 is 0.956 bits per heavy atom. The van der Waals surface area contributed by atoms with Gasteiger partial charge in [-0.2, -0.15) is 0 Å². The number of aryl methyl sites for hydroxylation is 1. The maximum atomic E-state index is 6.19. The monoisotopic (exact) mass is 643 g/mol. The minimum absolute atomic E-state index is 0.588. The van der Waals surface area contributed by atoms with E-state index >= 15 is 0 Å². The second kappa shape index (κ2) is 11.3. The SMILES string of the molecule is Cc1ccc(-c2ccc(-c3cc(Br)cc(-c4nc(-c5ccccc5)nc(-c5ccc6c(c5)oc5ccccc56)n4)c3)cc2)cc1. The third-order valence-corrected chi connectivity index (χ3v) is 8.52. The van der Waals surface area contributed by atoms with Crippen LogP contribution < -0.4 is 0 Å². The van der Waals surface area contributed by atoms with Crippen molar-refractivity contribution >= 4 is 37.9 Å². The van der Waals surface area contributed by atoms with Gasteiger partial charge in [-0.25, -0.2) is 15.0 Å². The fraction of sp³-hybridized carbons (Fsp3) is 0.0250. The average molecular weight is 645 g/mol. The van der Waals surface area contributed by atoms with Gasteiger partial charge in [0.05, 0.1) is 0 Å². The van der Waals surface area contributed by atoms with E-state index in [9.17, 15) is 0 Å². The number of furan rings is 1. The number of hydrogen-bond acceptors (Lipinski definition) is 4. The normalized spacial score (nSPS) is 11.3. The van der Waals surface area contributed by atoms with Gasteiger partial charge in [0.25, 0.3) is 0 Å². The molecule has 4 nitrogen and oxygen atoms in total. The largest absolute Gasteiger partial charge is 0.456 e. The first-order chi connectivity index (χ1) is 22.1. The van der Waals surface area contributed by atoms with Crippen LogP contribution in [0.3, 0.4) is 0 Å². The molecule has 2 heterocycles. The number of fused-ring (bicyclic) bond motifs is 3. The summed E-state index contributed by atoms with van der Waals surface area (Å²) in [6.07, 6.45) is 0. The van der Waals surface area contributed by atoms with Gasteiger partial charge < -0.3 is 4.42 Å². The Labute approximate surface area is 269 Å². The first kappa shape index (κ1) is 27.2. The first-order valence-corrected chi connectivity index (χ1v) is 15.6. The quantitative estimate of drug-likeness (QED) is 0.187. The van der Waals surface area contributed by atoms with Gasteiger partial charge in [-0.05, 0) is 65.6 Å². The molecule has 0 atom stereocenters. The van der Waals surface area contributed by atoms with E-state index < -0.39 is 0 Å². The molecule has 8 aromatic rings. The van der Waals surface area contributed by atoms with E-state index in [0.717, 1.165) is 54.2 Å². The number of hydrogen-bond donors (Lipinski definition) is 0. The van der Waals surface area contributed by atoms with E-state index in [1.165, 1.54) is 16.7 Å². The molecule has 0 saturated heterocycles. The summed E-state index contributed by atoms with van der Waals surface area (Å²) in [6.45, 7) is 2.11. The molecule has 0 aliphatic rings. The topological polar surface area (TPSA) is 51.8 Å². The van der Waals surface area contributed by atoms with E-state index in [1.807, 2.05) is 54.6 Å². The molecule has 0 unspecified atom stereocenters. The standard InChI is InChI=1S/C40H26BrN3O/c1-25-11-13-26(14-12-25)27-15-17-28(18-16-27)31-21-32(23-33(41)22-31)40-43-38(29-7-3-2-4-8-29)42-39(44-40)30-19-20-35-34-9-5-6-10-36(34)45-37(35)24-30/h2-24H,1H3. The Hall–Kier alpha value is -5.39. The molecule has 2 aromatic heterocycles. The van der Waals surface area contributed by atoms with Gasteiger partial charge >= 0.3 is 0 Å². The van der Waals surface area contributed by atoms with E-state index in [-0.39, 0.29) is 0 Å². The zero-order chi connectivity index (χ0) is 30.3. The molecule has 8 rings (SSSR count). The average Bonchev–Trinajstić information content (AvgIpc) is 3.47. The Kier molecular flexibility index (Phi) is 6.81. The van der Waals surface area contributed by atoms with Crippen molar-refractivity contribution in [3.63, 3.8) is 0 Å². The van der Waals surface area contributed by atoms with Crippen molar-refractivity contribution in [2.24, 2.45) is 0 Å². The van der Waals surface area contributed by atoms with Crippen molar-refractivity contribution in [2.75, 3.05) is 0 Å². The van der Waals surface area contributed by atoms with Crippen molar-refractivity contribution in [2.45, 2.75) is 6.92 Å². The zero-order valence-corrected chi connectivity index (χ0v) is 26.0. The number of halogens is 1. The predicted octanol–water partition coefficient (Wildman–Crippen LogP) is 11.2. The van der Waals surface area contributed by atoms with E-state index in [0.29, 0.717) is 17.5 Å². The van der Waals surface area contributed by atoms with Gasteiger partial charge in [0.15, 0.2) is 17.5 Å². The zero-order valence-electron chi connectivity index (χ0n) is 24.4. The molecule has 0 N–H and O–H groups in total. The Morgan fingerprint density at radius 1 is 0.422 bits per heavy atom. The van der Waals surface area contributed by atoms with Crippen LogP contribution in [0.1, 0.15) is 5.56 Å². The van der Waals surface area contributed by atoms with Crippen LogP contribution >= 0.6 is 15.9 Å². The van der Waals surface area contributed by atoms with Crippen LogP contribution in [0.15, 0.2) is 148 Å². The molecule has 6 aromatic carbocycles. The summed E-state index contributed by atoms with van der Waals surface area (Å²) in [5, 5.41) is 2.16. The molecule has 0 aliphatic carbocycles. The lowest BCUT2D eigenvalue weighted by Gasteiger charge is -2.11. The van der Waals surface area contributed by atoms with Gasteiger partial charge in [-0.1, -0.05) is 125 Å². The molecule has 5 heteroatoms. The highest BCUT2D eigenvalue weighted by atomic mass is 79.9. The van der Waals surface area contributed by atoms with E-state index in [2.05, 4.69) is 108 Å². The van der Waals surface area contributed by atoms with Crippen LogP contribution in [0, 0.1) is 6.92 Å². The van der Waals surface area contributed by atoms with Gasteiger partial charge in [-0.3, -0.25) is 0 Å². The van der Waals surface area contributed by atoms with Gasteiger partial charge in [-0.15, -0.1) is 0 Å². The van der Waals surface area contributed by atoms with Crippen LogP contribution in [-0.2, 0) is 0 Å². The summed E-state index contributed by atoms with van der Waals surface area (Å²) < 4.78 is 7.14. The predicted molar refractivity (Wildman–Crippen MR) is 187 cm³/mol. The number of para-hydroxylation sites is 1. The fourth-order valence-electron chi connectivity index (χ4n) is 5.70. The molecule has 0 amide bonds. The third-order valence-electron chi connectivity index (χ3n) is 8.06. The van der Waals surface area contributed by atoms with Crippen LogP contribution in [0.5, 0.6) is 0 Å². The summed E-state index contributed by atoms with van der Waals surface area (Å²) in [5.41, 5.74) is 10.2. The number of benzene rings is 6. The highest BCUT2D eigenvalue weighted by Crippen LogP contribution is 2.34. The van der Waals surface area contributed by atoms with Crippen LogP contribution in [-0.4, -0.2) is 15.0 Å². The van der Waals surface area contributed by atoms with Crippen molar-refractivity contribution < 1.29 is 4.42 Å². The first-order valence-electron chi connectivity index (χ1n) is 14.8. The van der Waals surface area contributed by atoms with Crippen molar-refractivity contribution in [3.05, 3.63) is 150 Å². The maximum Gasteiger partial charge on any atom is 0.164 e. The minimum Gasteiger partial charge on any atom is -0.456 e. The second-order valence-corrected chi connectivity index (χ2v) is 12.1. The number of aromatic nitrogens is 3. The molecular formula is C40H26BrN3O. The summed E-state index contributed by atoms with van der Waals surface area (Å²) in [4.78, 5) is 14.9. The molecular weight excluding hydrogens is 618 g/mol. The molecule has 0 radical (unpaired) electrons. The highest BCUT2D eigenvalue weighted by Gasteiger charge is 2.16. The molecule has 214 valence electrons. The minimum atomic E-state index is 0.588. The summed E-state index contributed by atoms with van der Waals surface area (Å²) in [5.74, 6) is 1.80.